The maximum Gasteiger partial charge on any atom is 0.246 e. The Morgan fingerprint density at radius 1 is 1.00 bits per heavy atom. The molecule has 2 atom stereocenters. The van der Waals surface area contributed by atoms with E-state index in [1.807, 2.05) is 62.5 Å². The van der Waals surface area contributed by atoms with Crippen molar-refractivity contribution >= 4 is 17.7 Å². The van der Waals surface area contributed by atoms with Crippen LogP contribution in [0.25, 0.3) is 11.1 Å². The van der Waals surface area contributed by atoms with E-state index in [-0.39, 0.29) is 0 Å². The van der Waals surface area contributed by atoms with Gasteiger partial charge in [0, 0.05) is 16.7 Å². The number of thioether (sulfide) groups is 1. The Kier molecular flexibility index (Phi) is 7.66. The first-order chi connectivity index (χ1) is 14.5. The van der Waals surface area contributed by atoms with Crippen LogP contribution in [0.15, 0.2) is 77.8 Å². The van der Waals surface area contributed by atoms with E-state index in [0.717, 1.165) is 22.4 Å². The summed E-state index contributed by atoms with van der Waals surface area (Å²) in [4.78, 5) is 17.9. The molecule has 2 N–H and O–H groups in total. The maximum absolute atomic E-state index is 12.0. The molecular weight excluding hydrogens is 392 g/mol. The lowest BCUT2D eigenvalue weighted by molar-refractivity contribution is -0.133. The largest absolute Gasteiger partial charge is 0.367 e. The number of carbonyl (C=O) groups excluding carboxylic acids is 1. The lowest BCUT2D eigenvalue weighted by Gasteiger charge is -2.24. The number of pyridine rings is 1. The second kappa shape index (κ2) is 10.4. The lowest BCUT2D eigenvalue weighted by atomic mass is 10.0. The number of amides is 1. The van der Waals surface area contributed by atoms with Crippen LogP contribution in [0.3, 0.4) is 0 Å². The molecule has 1 aromatic heterocycles. The molecule has 2 unspecified atom stereocenters. The molecule has 0 saturated heterocycles. The molecule has 5 heteroatoms. The number of nitrogens with two attached hydrogens (primary N) is 1. The number of primary amides is 1. The van der Waals surface area contributed by atoms with Gasteiger partial charge in [-0.05, 0) is 47.9 Å². The molecule has 0 spiro atoms. The number of aromatic nitrogens is 1. The molecule has 0 saturated carbocycles. The van der Waals surface area contributed by atoms with Gasteiger partial charge in [-0.2, -0.15) is 0 Å². The Bertz CT molecular complexity index is 941. The van der Waals surface area contributed by atoms with Gasteiger partial charge in [-0.25, -0.2) is 0 Å². The zero-order valence-electron chi connectivity index (χ0n) is 17.6. The van der Waals surface area contributed by atoms with Crippen molar-refractivity contribution in [3.63, 3.8) is 0 Å². The second-order valence-corrected chi connectivity index (χ2v) is 8.53. The number of benzene rings is 2. The van der Waals surface area contributed by atoms with Gasteiger partial charge in [0.1, 0.15) is 12.2 Å². The summed E-state index contributed by atoms with van der Waals surface area (Å²) in [5.41, 5.74) is 9.46. The first-order valence-corrected chi connectivity index (χ1v) is 11.3. The topological polar surface area (TPSA) is 65.2 Å². The van der Waals surface area contributed by atoms with Crippen LogP contribution in [0.1, 0.15) is 37.6 Å². The summed E-state index contributed by atoms with van der Waals surface area (Å²) in [6, 6.07) is 22.2. The third kappa shape index (κ3) is 5.71. The molecule has 0 aliphatic carbocycles. The first kappa shape index (κ1) is 22.1. The van der Waals surface area contributed by atoms with Crippen molar-refractivity contribution in [2.45, 2.75) is 37.4 Å². The summed E-state index contributed by atoms with van der Waals surface area (Å²) >= 11 is 1.72. The highest BCUT2D eigenvalue weighted by Gasteiger charge is 2.25. The van der Waals surface area contributed by atoms with E-state index < -0.39 is 18.1 Å². The van der Waals surface area contributed by atoms with Gasteiger partial charge in [0.05, 0.1) is 5.69 Å². The van der Waals surface area contributed by atoms with Gasteiger partial charge in [-0.1, -0.05) is 62.4 Å². The quantitative estimate of drug-likeness (QED) is 0.466. The molecule has 156 valence electrons. The zero-order valence-corrected chi connectivity index (χ0v) is 18.4. The fraction of sp³-hybridized carbons (Fsp3) is 0.280. The van der Waals surface area contributed by atoms with Crippen molar-refractivity contribution in [2.24, 2.45) is 11.7 Å². The van der Waals surface area contributed by atoms with Crippen LogP contribution in [-0.4, -0.2) is 23.3 Å². The standard InChI is InChI=1S/C25H28N2O2S/c1-17(2)15-23(25(26)28)29-24(19-7-5-4-6-8-19)22-14-11-20(16-27-22)18-9-12-21(30-3)13-10-18/h4-14,16-17,23-24H,15H2,1-3H3,(H2,26,28). The molecule has 0 aliphatic rings. The van der Waals surface area contributed by atoms with Crippen molar-refractivity contribution in [3.05, 3.63) is 84.2 Å². The van der Waals surface area contributed by atoms with E-state index in [4.69, 9.17) is 10.5 Å². The van der Waals surface area contributed by atoms with Gasteiger partial charge in [-0.3, -0.25) is 9.78 Å². The minimum absolute atomic E-state index is 0.290. The molecule has 3 rings (SSSR count). The molecular formula is C25H28N2O2S. The summed E-state index contributed by atoms with van der Waals surface area (Å²) in [6.45, 7) is 4.10. The van der Waals surface area contributed by atoms with E-state index >= 15 is 0 Å². The highest BCUT2D eigenvalue weighted by molar-refractivity contribution is 7.98. The number of hydrogen-bond acceptors (Lipinski definition) is 4. The third-order valence-corrected chi connectivity index (χ3v) is 5.63. The highest BCUT2D eigenvalue weighted by Crippen LogP contribution is 2.29. The molecule has 0 radical (unpaired) electrons. The third-order valence-electron chi connectivity index (χ3n) is 4.88. The Balaban J connectivity index is 1.90. The monoisotopic (exact) mass is 420 g/mol. The number of ether oxygens (including phenoxy) is 1. The molecule has 1 heterocycles. The van der Waals surface area contributed by atoms with Crippen LogP contribution < -0.4 is 5.73 Å². The van der Waals surface area contributed by atoms with E-state index in [1.165, 1.54) is 4.90 Å². The van der Waals surface area contributed by atoms with Gasteiger partial charge in [0.25, 0.3) is 0 Å². The van der Waals surface area contributed by atoms with Gasteiger partial charge in [0.2, 0.25) is 5.91 Å². The second-order valence-electron chi connectivity index (χ2n) is 7.65. The number of carbonyl (C=O) groups is 1. The molecule has 0 aliphatic heterocycles. The lowest BCUT2D eigenvalue weighted by Crippen LogP contribution is -2.34. The van der Waals surface area contributed by atoms with Gasteiger partial charge in [0.15, 0.2) is 0 Å². The fourth-order valence-corrected chi connectivity index (χ4v) is 3.70. The summed E-state index contributed by atoms with van der Waals surface area (Å²) in [7, 11) is 0. The van der Waals surface area contributed by atoms with E-state index in [2.05, 4.69) is 35.5 Å². The predicted molar refractivity (Wildman–Crippen MR) is 123 cm³/mol. The van der Waals surface area contributed by atoms with Gasteiger partial charge in [-0.15, -0.1) is 11.8 Å². The Hall–Kier alpha value is -2.63. The summed E-state index contributed by atoms with van der Waals surface area (Å²) in [5, 5.41) is 0. The number of rotatable bonds is 9. The summed E-state index contributed by atoms with van der Waals surface area (Å²) in [6.07, 6.45) is 3.35. The molecule has 0 bridgehead atoms. The van der Waals surface area contributed by atoms with E-state index in [9.17, 15) is 4.79 Å². The van der Waals surface area contributed by atoms with Crippen LogP contribution in [0.5, 0.6) is 0 Å². The molecule has 4 nitrogen and oxygen atoms in total. The minimum atomic E-state index is -0.671. The van der Waals surface area contributed by atoms with Crippen LogP contribution >= 0.6 is 11.8 Å². The van der Waals surface area contributed by atoms with Gasteiger partial charge >= 0.3 is 0 Å². The smallest absolute Gasteiger partial charge is 0.246 e. The summed E-state index contributed by atoms with van der Waals surface area (Å²) < 4.78 is 6.23. The average molecular weight is 421 g/mol. The molecule has 0 fully saturated rings. The zero-order chi connectivity index (χ0) is 21.5. The maximum atomic E-state index is 12.0. The number of hydrogen-bond donors (Lipinski definition) is 1. The highest BCUT2D eigenvalue weighted by atomic mass is 32.2. The van der Waals surface area contributed by atoms with E-state index in [0.29, 0.717) is 12.3 Å². The first-order valence-electron chi connectivity index (χ1n) is 10.1. The fourth-order valence-electron chi connectivity index (χ4n) is 3.29. The molecule has 30 heavy (non-hydrogen) atoms. The van der Waals surface area contributed by atoms with Crippen LogP contribution in [0.2, 0.25) is 0 Å². The van der Waals surface area contributed by atoms with Crippen LogP contribution in [0, 0.1) is 5.92 Å². The van der Waals surface area contributed by atoms with Crippen molar-refractivity contribution in [1.82, 2.24) is 4.98 Å². The predicted octanol–water partition coefficient (Wildman–Crippen LogP) is 5.48. The minimum Gasteiger partial charge on any atom is -0.367 e. The summed E-state index contributed by atoms with van der Waals surface area (Å²) in [5.74, 6) is -0.159. The van der Waals surface area contributed by atoms with Crippen molar-refractivity contribution in [3.8, 4) is 11.1 Å². The van der Waals surface area contributed by atoms with Crippen molar-refractivity contribution in [2.75, 3.05) is 6.26 Å². The molecule has 3 aromatic rings. The molecule has 1 amide bonds. The number of nitrogens with zero attached hydrogens (tertiary/aromatic N) is 1. The normalized spacial score (nSPS) is 13.2. The Morgan fingerprint density at radius 2 is 1.67 bits per heavy atom. The van der Waals surface area contributed by atoms with Crippen LogP contribution in [0.4, 0.5) is 0 Å². The van der Waals surface area contributed by atoms with Crippen LogP contribution in [-0.2, 0) is 9.53 Å². The Labute approximate surface area is 182 Å². The van der Waals surface area contributed by atoms with Crippen molar-refractivity contribution < 1.29 is 9.53 Å². The Morgan fingerprint density at radius 3 is 2.20 bits per heavy atom. The van der Waals surface area contributed by atoms with Crippen molar-refractivity contribution in [1.29, 1.82) is 0 Å². The molecule has 2 aromatic carbocycles. The average Bonchev–Trinajstić information content (AvgIpc) is 2.77. The SMILES string of the molecule is CSc1ccc(-c2ccc(C(OC(CC(C)C)C(N)=O)c3ccccc3)nc2)cc1. The van der Waals surface area contributed by atoms with Gasteiger partial charge < -0.3 is 10.5 Å². The van der Waals surface area contributed by atoms with E-state index in [1.54, 1.807) is 11.8 Å².